The van der Waals surface area contributed by atoms with E-state index in [9.17, 15) is 4.79 Å². The molecule has 24 heavy (non-hydrogen) atoms. The van der Waals surface area contributed by atoms with Crippen molar-refractivity contribution in [2.45, 2.75) is 20.4 Å². The summed E-state index contributed by atoms with van der Waals surface area (Å²) in [5.41, 5.74) is 3.64. The number of hydrogen-bond donors (Lipinski definition) is 1. The molecule has 0 aliphatic carbocycles. The van der Waals surface area contributed by atoms with Gasteiger partial charge in [-0.05, 0) is 43.2 Å². The first-order chi connectivity index (χ1) is 11.6. The number of aromatic nitrogens is 2. The standard InChI is InChI=1S/C18H16ClN3O2/c1-11-4-3-5-15(19)14(11)10-21-18(23)16-12(2)22-24-17(16)13-6-8-20-9-7-13/h3-9H,10H2,1-2H3,(H,21,23). The van der Waals surface area contributed by atoms with Gasteiger partial charge in [-0.15, -0.1) is 0 Å². The number of benzene rings is 1. The Hall–Kier alpha value is -2.66. The van der Waals surface area contributed by atoms with Gasteiger partial charge in [0.1, 0.15) is 5.56 Å². The van der Waals surface area contributed by atoms with Crippen LogP contribution in [0.2, 0.25) is 5.02 Å². The number of aryl methyl sites for hydroxylation is 2. The zero-order valence-corrected chi connectivity index (χ0v) is 14.1. The largest absolute Gasteiger partial charge is 0.355 e. The number of nitrogens with zero attached hydrogens (tertiary/aromatic N) is 2. The second-order valence-electron chi connectivity index (χ2n) is 5.43. The van der Waals surface area contributed by atoms with Crippen LogP contribution in [0.4, 0.5) is 0 Å². The molecule has 0 aliphatic heterocycles. The number of nitrogens with one attached hydrogen (secondary N) is 1. The lowest BCUT2D eigenvalue weighted by Crippen LogP contribution is -2.24. The zero-order chi connectivity index (χ0) is 17.1. The van der Waals surface area contributed by atoms with Gasteiger partial charge in [0.15, 0.2) is 5.76 Å². The highest BCUT2D eigenvalue weighted by molar-refractivity contribution is 6.31. The normalized spacial score (nSPS) is 10.6. The maximum absolute atomic E-state index is 12.6. The van der Waals surface area contributed by atoms with Gasteiger partial charge < -0.3 is 9.84 Å². The summed E-state index contributed by atoms with van der Waals surface area (Å²) in [6, 6.07) is 9.20. The summed E-state index contributed by atoms with van der Waals surface area (Å²) in [5, 5.41) is 7.45. The maximum atomic E-state index is 12.6. The van der Waals surface area contributed by atoms with Gasteiger partial charge in [0.25, 0.3) is 5.91 Å². The number of carbonyl (C=O) groups is 1. The topological polar surface area (TPSA) is 68.0 Å². The van der Waals surface area contributed by atoms with Crippen molar-refractivity contribution in [1.29, 1.82) is 0 Å². The average molecular weight is 342 g/mol. The lowest BCUT2D eigenvalue weighted by molar-refractivity contribution is 0.0950. The summed E-state index contributed by atoms with van der Waals surface area (Å²) in [7, 11) is 0. The van der Waals surface area contributed by atoms with E-state index in [4.69, 9.17) is 16.1 Å². The Kier molecular flexibility index (Phi) is 4.62. The molecule has 122 valence electrons. The van der Waals surface area contributed by atoms with Crippen molar-refractivity contribution < 1.29 is 9.32 Å². The molecule has 0 unspecified atom stereocenters. The van der Waals surface area contributed by atoms with E-state index >= 15 is 0 Å². The highest BCUT2D eigenvalue weighted by Crippen LogP contribution is 2.26. The molecule has 0 atom stereocenters. The predicted octanol–water partition coefficient (Wildman–Crippen LogP) is 3.94. The molecule has 3 rings (SSSR count). The van der Waals surface area contributed by atoms with E-state index in [1.807, 2.05) is 25.1 Å². The molecule has 2 aromatic heterocycles. The summed E-state index contributed by atoms with van der Waals surface area (Å²) >= 11 is 6.21. The smallest absolute Gasteiger partial charge is 0.257 e. The molecule has 0 aliphatic rings. The van der Waals surface area contributed by atoms with Crippen molar-refractivity contribution in [1.82, 2.24) is 15.5 Å². The number of hydrogen-bond acceptors (Lipinski definition) is 4. The average Bonchev–Trinajstić information content (AvgIpc) is 2.97. The fourth-order valence-electron chi connectivity index (χ4n) is 2.48. The van der Waals surface area contributed by atoms with Gasteiger partial charge in [-0.25, -0.2) is 0 Å². The molecule has 1 aromatic carbocycles. The lowest BCUT2D eigenvalue weighted by atomic mass is 10.1. The fourth-order valence-corrected chi connectivity index (χ4v) is 2.77. The number of amides is 1. The van der Waals surface area contributed by atoms with Crippen LogP contribution in [0.25, 0.3) is 11.3 Å². The van der Waals surface area contributed by atoms with E-state index < -0.39 is 0 Å². The van der Waals surface area contributed by atoms with Crippen molar-refractivity contribution in [3.63, 3.8) is 0 Å². The third-order valence-electron chi connectivity index (χ3n) is 3.81. The molecule has 1 amide bonds. The van der Waals surface area contributed by atoms with Crippen LogP contribution in [0.5, 0.6) is 0 Å². The van der Waals surface area contributed by atoms with Crippen LogP contribution in [0, 0.1) is 13.8 Å². The van der Waals surface area contributed by atoms with E-state index in [0.717, 1.165) is 16.7 Å². The fraction of sp³-hybridized carbons (Fsp3) is 0.167. The van der Waals surface area contributed by atoms with Crippen molar-refractivity contribution in [3.05, 3.63) is 70.1 Å². The first-order valence-corrected chi connectivity index (χ1v) is 7.84. The first kappa shape index (κ1) is 16.2. The minimum atomic E-state index is -0.250. The summed E-state index contributed by atoms with van der Waals surface area (Å²) < 4.78 is 5.34. The number of rotatable bonds is 4. The summed E-state index contributed by atoms with van der Waals surface area (Å²) in [6.45, 7) is 4.04. The third kappa shape index (κ3) is 3.16. The van der Waals surface area contributed by atoms with E-state index in [-0.39, 0.29) is 5.91 Å². The van der Waals surface area contributed by atoms with Gasteiger partial charge in [0, 0.05) is 29.5 Å². The molecular formula is C18H16ClN3O2. The van der Waals surface area contributed by atoms with Crippen molar-refractivity contribution >= 4 is 17.5 Å². The summed E-state index contributed by atoms with van der Waals surface area (Å²) in [5.74, 6) is 0.183. The van der Waals surface area contributed by atoms with Crippen LogP contribution >= 0.6 is 11.6 Å². The van der Waals surface area contributed by atoms with Crippen LogP contribution in [0.15, 0.2) is 47.2 Å². The molecule has 0 fully saturated rings. The van der Waals surface area contributed by atoms with Crippen LogP contribution in [0.3, 0.4) is 0 Å². The SMILES string of the molecule is Cc1cccc(Cl)c1CNC(=O)c1c(C)noc1-c1ccncc1. The lowest BCUT2D eigenvalue weighted by Gasteiger charge is -2.10. The summed E-state index contributed by atoms with van der Waals surface area (Å²) in [6.07, 6.45) is 3.28. The van der Waals surface area contributed by atoms with Gasteiger partial charge >= 0.3 is 0 Å². The quantitative estimate of drug-likeness (QED) is 0.780. The Balaban J connectivity index is 1.85. The Morgan fingerprint density at radius 2 is 1.96 bits per heavy atom. The highest BCUT2D eigenvalue weighted by Gasteiger charge is 2.21. The minimum Gasteiger partial charge on any atom is -0.355 e. The molecule has 0 radical (unpaired) electrons. The monoisotopic (exact) mass is 341 g/mol. The van der Waals surface area contributed by atoms with Gasteiger partial charge in [-0.2, -0.15) is 0 Å². The van der Waals surface area contributed by atoms with E-state index in [0.29, 0.717) is 28.6 Å². The van der Waals surface area contributed by atoms with Crippen molar-refractivity contribution in [2.24, 2.45) is 0 Å². The van der Waals surface area contributed by atoms with Gasteiger partial charge in [0.2, 0.25) is 0 Å². The minimum absolute atomic E-state index is 0.250. The highest BCUT2D eigenvalue weighted by atomic mass is 35.5. The Morgan fingerprint density at radius 1 is 1.21 bits per heavy atom. The van der Waals surface area contributed by atoms with E-state index in [2.05, 4.69) is 15.5 Å². The molecule has 0 spiro atoms. The number of halogens is 1. The Morgan fingerprint density at radius 3 is 2.67 bits per heavy atom. The molecular weight excluding hydrogens is 326 g/mol. The first-order valence-electron chi connectivity index (χ1n) is 7.46. The maximum Gasteiger partial charge on any atom is 0.257 e. The van der Waals surface area contributed by atoms with Crippen LogP contribution in [-0.4, -0.2) is 16.0 Å². The van der Waals surface area contributed by atoms with Crippen LogP contribution in [-0.2, 0) is 6.54 Å². The number of pyridine rings is 1. The van der Waals surface area contributed by atoms with Gasteiger partial charge in [0.05, 0.1) is 5.69 Å². The molecule has 2 heterocycles. The van der Waals surface area contributed by atoms with Crippen molar-refractivity contribution in [2.75, 3.05) is 0 Å². The van der Waals surface area contributed by atoms with Gasteiger partial charge in [-0.3, -0.25) is 9.78 Å². The van der Waals surface area contributed by atoms with Crippen molar-refractivity contribution in [3.8, 4) is 11.3 Å². The van der Waals surface area contributed by atoms with Crippen LogP contribution in [0.1, 0.15) is 27.2 Å². The summed E-state index contributed by atoms with van der Waals surface area (Å²) in [4.78, 5) is 16.6. The van der Waals surface area contributed by atoms with Gasteiger partial charge in [-0.1, -0.05) is 28.9 Å². The molecule has 0 saturated heterocycles. The second-order valence-corrected chi connectivity index (χ2v) is 5.83. The Bertz CT molecular complexity index is 855. The molecule has 6 heteroatoms. The second kappa shape index (κ2) is 6.84. The zero-order valence-electron chi connectivity index (χ0n) is 13.3. The molecule has 5 nitrogen and oxygen atoms in total. The number of carbonyl (C=O) groups excluding carboxylic acids is 1. The van der Waals surface area contributed by atoms with E-state index in [1.165, 1.54) is 0 Å². The molecule has 0 saturated carbocycles. The predicted molar refractivity (Wildman–Crippen MR) is 91.8 cm³/mol. The Labute approximate surface area is 144 Å². The van der Waals surface area contributed by atoms with Crippen LogP contribution < -0.4 is 5.32 Å². The molecule has 1 N–H and O–H groups in total. The molecule has 3 aromatic rings. The third-order valence-corrected chi connectivity index (χ3v) is 4.17. The van der Waals surface area contributed by atoms with E-state index in [1.54, 1.807) is 31.5 Å². The molecule has 0 bridgehead atoms.